The van der Waals surface area contributed by atoms with E-state index in [0.717, 1.165) is 16.9 Å². The van der Waals surface area contributed by atoms with Gasteiger partial charge in [0.1, 0.15) is 0 Å². The lowest BCUT2D eigenvalue weighted by Gasteiger charge is -2.19. The van der Waals surface area contributed by atoms with Crippen LogP contribution < -0.4 is 0 Å². The van der Waals surface area contributed by atoms with E-state index < -0.39 is 11.7 Å². The van der Waals surface area contributed by atoms with Crippen LogP contribution in [0.15, 0.2) is 23.6 Å². The highest BCUT2D eigenvalue weighted by Crippen LogP contribution is 2.39. The molecule has 0 bridgehead atoms. The number of hydrogen-bond acceptors (Lipinski definition) is 1. The SMILES string of the molecule is CC(C)(C)c1ccc2c(C(F)(F)F)csc2c1. The zero-order valence-corrected chi connectivity index (χ0v) is 10.7. The van der Waals surface area contributed by atoms with Gasteiger partial charge in [-0.2, -0.15) is 13.2 Å². The lowest BCUT2D eigenvalue weighted by Crippen LogP contribution is -2.10. The first kappa shape index (κ1) is 12.4. The first-order valence-corrected chi connectivity index (χ1v) is 6.16. The number of benzene rings is 1. The summed E-state index contributed by atoms with van der Waals surface area (Å²) in [5, 5.41) is 1.49. The van der Waals surface area contributed by atoms with E-state index in [2.05, 4.69) is 0 Å². The van der Waals surface area contributed by atoms with Crippen molar-refractivity contribution in [2.24, 2.45) is 0 Å². The van der Waals surface area contributed by atoms with Crippen LogP contribution in [0.1, 0.15) is 31.9 Å². The molecule has 92 valence electrons. The van der Waals surface area contributed by atoms with Gasteiger partial charge in [0.15, 0.2) is 0 Å². The highest BCUT2D eigenvalue weighted by Gasteiger charge is 2.33. The molecule has 4 heteroatoms. The molecule has 0 aliphatic carbocycles. The van der Waals surface area contributed by atoms with Gasteiger partial charge in [0.2, 0.25) is 0 Å². The molecule has 0 fully saturated rings. The molecule has 2 aromatic rings. The summed E-state index contributed by atoms with van der Waals surface area (Å²) in [7, 11) is 0. The molecule has 0 nitrogen and oxygen atoms in total. The fourth-order valence-corrected chi connectivity index (χ4v) is 2.72. The number of fused-ring (bicyclic) bond motifs is 1. The average molecular weight is 258 g/mol. The molecule has 0 aliphatic heterocycles. The van der Waals surface area contributed by atoms with Crippen molar-refractivity contribution in [3.8, 4) is 0 Å². The summed E-state index contributed by atoms with van der Waals surface area (Å²) in [6, 6.07) is 5.22. The Morgan fingerprint density at radius 1 is 1.06 bits per heavy atom. The number of thiophene rings is 1. The molecule has 1 aromatic carbocycles. The highest BCUT2D eigenvalue weighted by atomic mass is 32.1. The molecule has 17 heavy (non-hydrogen) atoms. The monoisotopic (exact) mass is 258 g/mol. The van der Waals surface area contributed by atoms with Crippen LogP contribution in [-0.2, 0) is 11.6 Å². The van der Waals surface area contributed by atoms with Crippen molar-refractivity contribution in [1.82, 2.24) is 0 Å². The van der Waals surface area contributed by atoms with Crippen LogP contribution >= 0.6 is 11.3 Å². The van der Waals surface area contributed by atoms with E-state index in [-0.39, 0.29) is 5.41 Å². The molecule has 0 aliphatic rings. The van der Waals surface area contributed by atoms with E-state index in [0.29, 0.717) is 10.1 Å². The quantitative estimate of drug-likeness (QED) is 0.608. The first-order valence-electron chi connectivity index (χ1n) is 5.28. The zero-order chi connectivity index (χ0) is 12.8. The third-order valence-electron chi connectivity index (χ3n) is 2.75. The molecule has 0 saturated heterocycles. The van der Waals surface area contributed by atoms with Crippen molar-refractivity contribution in [3.05, 3.63) is 34.7 Å². The number of halogens is 3. The van der Waals surface area contributed by atoms with Gasteiger partial charge < -0.3 is 0 Å². The van der Waals surface area contributed by atoms with E-state index in [1.807, 2.05) is 26.8 Å². The van der Waals surface area contributed by atoms with Crippen LogP contribution in [0.25, 0.3) is 10.1 Å². The Morgan fingerprint density at radius 3 is 2.24 bits per heavy atom. The largest absolute Gasteiger partial charge is 0.417 e. The predicted molar refractivity (Wildman–Crippen MR) is 65.5 cm³/mol. The Bertz CT molecular complexity index is 544. The molecule has 0 spiro atoms. The third-order valence-corrected chi connectivity index (χ3v) is 3.69. The minimum Gasteiger partial charge on any atom is -0.166 e. The maximum absolute atomic E-state index is 12.7. The van der Waals surface area contributed by atoms with Gasteiger partial charge >= 0.3 is 6.18 Å². The fourth-order valence-electron chi connectivity index (χ4n) is 1.71. The average Bonchev–Trinajstić information content (AvgIpc) is 2.57. The van der Waals surface area contributed by atoms with Gasteiger partial charge in [-0.15, -0.1) is 11.3 Å². The van der Waals surface area contributed by atoms with Crippen LogP contribution in [0.4, 0.5) is 13.2 Å². The summed E-state index contributed by atoms with van der Waals surface area (Å²) in [5.74, 6) is 0. The normalized spacial score (nSPS) is 13.3. The van der Waals surface area contributed by atoms with Crippen molar-refractivity contribution in [2.75, 3.05) is 0 Å². The van der Waals surface area contributed by atoms with Gasteiger partial charge in [-0.25, -0.2) is 0 Å². The molecular formula is C13H13F3S. The summed E-state index contributed by atoms with van der Waals surface area (Å²) in [6.07, 6.45) is -4.26. The van der Waals surface area contributed by atoms with Crippen LogP contribution in [0.3, 0.4) is 0 Å². The number of alkyl halides is 3. The van der Waals surface area contributed by atoms with Gasteiger partial charge in [0.05, 0.1) is 5.56 Å². The minimum absolute atomic E-state index is 0.0451. The first-order chi connectivity index (χ1) is 7.69. The van der Waals surface area contributed by atoms with E-state index in [4.69, 9.17) is 0 Å². The predicted octanol–water partition coefficient (Wildman–Crippen LogP) is 5.22. The molecule has 0 N–H and O–H groups in total. The highest BCUT2D eigenvalue weighted by molar-refractivity contribution is 7.17. The number of rotatable bonds is 0. The number of hydrogen-bond donors (Lipinski definition) is 0. The van der Waals surface area contributed by atoms with Crippen molar-refractivity contribution < 1.29 is 13.2 Å². The summed E-state index contributed by atoms with van der Waals surface area (Å²) in [4.78, 5) is 0. The fraction of sp³-hybridized carbons (Fsp3) is 0.385. The maximum Gasteiger partial charge on any atom is 0.417 e. The van der Waals surface area contributed by atoms with Gasteiger partial charge in [-0.3, -0.25) is 0 Å². The zero-order valence-electron chi connectivity index (χ0n) is 9.85. The van der Waals surface area contributed by atoms with Crippen LogP contribution in [0.2, 0.25) is 0 Å². The second-order valence-electron chi connectivity index (χ2n) is 5.11. The molecular weight excluding hydrogens is 245 g/mol. The van der Waals surface area contributed by atoms with E-state index >= 15 is 0 Å². The second kappa shape index (κ2) is 3.73. The Kier molecular flexibility index (Phi) is 2.73. The standard InChI is InChI=1S/C13H13F3S/c1-12(2,3)8-4-5-9-10(13(14,15)16)7-17-11(9)6-8/h4-7H,1-3H3. The van der Waals surface area contributed by atoms with Crippen molar-refractivity contribution in [1.29, 1.82) is 0 Å². The topological polar surface area (TPSA) is 0 Å². The lowest BCUT2D eigenvalue weighted by atomic mass is 9.87. The van der Waals surface area contributed by atoms with Gasteiger partial charge in [0, 0.05) is 15.5 Å². The summed E-state index contributed by atoms with van der Waals surface area (Å²) < 4.78 is 38.8. The molecule has 0 saturated carbocycles. The molecule has 1 heterocycles. The second-order valence-corrected chi connectivity index (χ2v) is 6.02. The summed E-state index contributed by atoms with van der Waals surface area (Å²) in [5.41, 5.74) is 0.481. The molecule has 0 unspecified atom stereocenters. The Hall–Kier alpha value is -1.03. The van der Waals surface area contributed by atoms with Crippen molar-refractivity contribution >= 4 is 21.4 Å². The van der Waals surface area contributed by atoms with Gasteiger partial charge in [0.25, 0.3) is 0 Å². The van der Waals surface area contributed by atoms with Crippen LogP contribution in [0, 0.1) is 0 Å². The van der Waals surface area contributed by atoms with Crippen molar-refractivity contribution in [2.45, 2.75) is 32.4 Å². The third kappa shape index (κ3) is 2.32. The van der Waals surface area contributed by atoms with Crippen LogP contribution in [0.5, 0.6) is 0 Å². The Labute approximate surface area is 102 Å². The molecule has 0 atom stereocenters. The van der Waals surface area contributed by atoms with Crippen molar-refractivity contribution in [3.63, 3.8) is 0 Å². The smallest absolute Gasteiger partial charge is 0.166 e. The molecule has 1 aromatic heterocycles. The molecule has 0 amide bonds. The summed E-state index contributed by atoms with van der Waals surface area (Å²) in [6.45, 7) is 6.14. The van der Waals surface area contributed by atoms with Gasteiger partial charge in [-0.05, 0) is 17.0 Å². The van der Waals surface area contributed by atoms with Gasteiger partial charge in [-0.1, -0.05) is 32.9 Å². The molecule has 2 rings (SSSR count). The lowest BCUT2D eigenvalue weighted by molar-refractivity contribution is -0.136. The van der Waals surface area contributed by atoms with Crippen LogP contribution in [-0.4, -0.2) is 0 Å². The Morgan fingerprint density at radius 2 is 1.71 bits per heavy atom. The summed E-state index contributed by atoms with van der Waals surface area (Å²) >= 11 is 1.15. The molecule has 0 radical (unpaired) electrons. The maximum atomic E-state index is 12.7. The van der Waals surface area contributed by atoms with E-state index in [9.17, 15) is 13.2 Å². The van der Waals surface area contributed by atoms with E-state index in [1.54, 1.807) is 12.1 Å². The minimum atomic E-state index is -4.26. The van der Waals surface area contributed by atoms with E-state index in [1.165, 1.54) is 5.38 Å². The Balaban J connectivity index is 2.61.